The number of carbonyl (C=O) groups is 1. The van der Waals surface area contributed by atoms with Crippen LogP contribution in [-0.4, -0.2) is 23.8 Å². The first-order valence-corrected chi connectivity index (χ1v) is 14.4. The van der Waals surface area contributed by atoms with Gasteiger partial charge in [-0.25, -0.2) is 0 Å². The molecule has 0 aliphatic rings. The first-order chi connectivity index (χ1) is 15.3. The molecule has 0 spiro atoms. The Morgan fingerprint density at radius 3 is 2.31 bits per heavy atom. The average molecular weight is 437 g/mol. The maximum atomic E-state index is 12.8. The SMILES string of the molecule is Cc1ccc(C(=O)c2ccc(Cc3[nH]ccc3-c3ccc(C#C[Si](C)(C)C)cc3)[nH]2)cc1. The monoisotopic (exact) mass is 436 g/mol. The summed E-state index contributed by atoms with van der Waals surface area (Å²) >= 11 is 0. The number of nitrogens with one attached hydrogen (secondary N) is 2. The molecule has 0 bridgehead atoms. The van der Waals surface area contributed by atoms with Gasteiger partial charge in [0.25, 0.3) is 0 Å². The molecule has 2 aromatic heterocycles. The lowest BCUT2D eigenvalue weighted by atomic mass is 10.0. The Balaban J connectivity index is 1.51. The maximum absolute atomic E-state index is 12.8. The molecule has 0 aliphatic heterocycles. The van der Waals surface area contributed by atoms with E-state index in [0.717, 1.165) is 33.6 Å². The fraction of sp³-hybridized carbons (Fsp3) is 0.179. The standard InChI is InChI=1S/C28H28N2OSi/c1-20-5-9-23(10-6-20)28(31)26-14-13-24(30-26)19-27-25(15-17-29-27)22-11-7-21(8-12-22)16-18-32(2,3)4/h5-15,17,29-30H,19H2,1-4H3. The summed E-state index contributed by atoms with van der Waals surface area (Å²) in [5.74, 6) is 3.32. The molecule has 0 fully saturated rings. The van der Waals surface area contributed by atoms with Crippen LogP contribution in [0.3, 0.4) is 0 Å². The van der Waals surface area contributed by atoms with E-state index in [2.05, 4.69) is 71.4 Å². The Kier molecular flexibility index (Phi) is 6.03. The first kappa shape index (κ1) is 21.7. The number of hydrogen-bond acceptors (Lipinski definition) is 1. The van der Waals surface area contributed by atoms with Crippen molar-refractivity contribution in [3.8, 4) is 22.6 Å². The van der Waals surface area contributed by atoms with Crippen LogP contribution in [0.2, 0.25) is 19.6 Å². The van der Waals surface area contributed by atoms with Crippen LogP contribution in [0.1, 0.15) is 38.6 Å². The zero-order valence-electron chi connectivity index (χ0n) is 19.0. The summed E-state index contributed by atoms with van der Waals surface area (Å²) in [6, 6.07) is 22.1. The maximum Gasteiger partial charge on any atom is 0.209 e. The molecular formula is C28H28N2OSi. The molecule has 32 heavy (non-hydrogen) atoms. The van der Waals surface area contributed by atoms with Crippen molar-refractivity contribution in [1.29, 1.82) is 0 Å². The lowest BCUT2D eigenvalue weighted by Gasteiger charge is -2.06. The summed E-state index contributed by atoms with van der Waals surface area (Å²) < 4.78 is 0. The Morgan fingerprint density at radius 1 is 0.906 bits per heavy atom. The third-order valence-electron chi connectivity index (χ3n) is 5.28. The summed E-state index contributed by atoms with van der Waals surface area (Å²) in [5, 5.41) is 0. The minimum absolute atomic E-state index is 0.0120. The van der Waals surface area contributed by atoms with Crippen molar-refractivity contribution in [2.75, 3.05) is 0 Å². The van der Waals surface area contributed by atoms with Crippen molar-refractivity contribution < 1.29 is 4.79 Å². The van der Waals surface area contributed by atoms with Crippen LogP contribution in [0.15, 0.2) is 72.9 Å². The lowest BCUT2D eigenvalue weighted by Crippen LogP contribution is -2.16. The topological polar surface area (TPSA) is 48.6 Å². The van der Waals surface area contributed by atoms with E-state index in [9.17, 15) is 4.79 Å². The number of aryl methyl sites for hydroxylation is 1. The van der Waals surface area contributed by atoms with E-state index in [1.807, 2.05) is 49.5 Å². The Bertz CT molecular complexity index is 1290. The summed E-state index contributed by atoms with van der Waals surface area (Å²) in [4.78, 5) is 19.4. The molecular weight excluding hydrogens is 408 g/mol. The normalized spacial score (nSPS) is 11.1. The molecule has 0 amide bonds. The molecule has 0 unspecified atom stereocenters. The van der Waals surface area contributed by atoms with E-state index < -0.39 is 8.07 Å². The summed E-state index contributed by atoms with van der Waals surface area (Å²) in [6.07, 6.45) is 2.66. The highest BCUT2D eigenvalue weighted by molar-refractivity contribution is 6.83. The van der Waals surface area contributed by atoms with Crippen molar-refractivity contribution in [2.45, 2.75) is 33.0 Å². The second-order valence-corrected chi connectivity index (χ2v) is 14.0. The molecule has 2 N–H and O–H groups in total. The minimum atomic E-state index is -1.38. The van der Waals surface area contributed by atoms with Gasteiger partial charge in [-0.15, -0.1) is 5.54 Å². The summed E-state index contributed by atoms with van der Waals surface area (Å²) in [7, 11) is -1.38. The highest BCUT2D eigenvalue weighted by Gasteiger charge is 2.13. The van der Waals surface area contributed by atoms with Gasteiger partial charge in [0.1, 0.15) is 8.07 Å². The number of carbonyl (C=O) groups excluding carboxylic acids is 1. The van der Waals surface area contributed by atoms with E-state index in [1.165, 1.54) is 0 Å². The Morgan fingerprint density at radius 2 is 1.62 bits per heavy atom. The fourth-order valence-corrected chi connectivity index (χ4v) is 4.06. The number of hydrogen-bond donors (Lipinski definition) is 2. The molecule has 0 aliphatic carbocycles. The lowest BCUT2D eigenvalue weighted by molar-refractivity contribution is 0.103. The van der Waals surface area contributed by atoms with E-state index in [0.29, 0.717) is 17.7 Å². The van der Waals surface area contributed by atoms with Gasteiger partial charge in [0.2, 0.25) is 5.78 Å². The zero-order valence-corrected chi connectivity index (χ0v) is 20.0. The molecule has 4 aromatic rings. The number of aromatic nitrogens is 2. The van der Waals surface area contributed by atoms with Crippen LogP contribution < -0.4 is 0 Å². The van der Waals surface area contributed by atoms with Gasteiger partial charge in [-0.3, -0.25) is 4.79 Å². The molecule has 4 heteroatoms. The van der Waals surface area contributed by atoms with Gasteiger partial charge in [-0.1, -0.05) is 67.5 Å². The molecule has 0 atom stereocenters. The van der Waals surface area contributed by atoms with E-state index in [4.69, 9.17) is 0 Å². The van der Waals surface area contributed by atoms with Gasteiger partial charge >= 0.3 is 0 Å². The highest BCUT2D eigenvalue weighted by Crippen LogP contribution is 2.25. The van der Waals surface area contributed by atoms with Gasteiger partial charge in [-0.05, 0) is 42.8 Å². The van der Waals surface area contributed by atoms with Gasteiger partial charge in [0.05, 0.1) is 5.69 Å². The van der Waals surface area contributed by atoms with Crippen LogP contribution >= 0.6 is 0 Å². The highest BCUT2D eigenvalue weighted by atomic mass is 28.3. The van der Waals surface area contributed by atoms with Crippen molar-refractivity contribution in [2.24, 2.45) is 0 Å². The molecule has 0 radical (unpaired) electrons. The van der Waals surface area contributed by atoms with Crippen LogP contribution in [0.25, 0.3) is 11.1 Å². The largest absolute Gasteiger partial charge is 0.364 e. The Labute approximate surface area is 190 Å². The van der Waals surface area contributed by atoms with Gasteiger partial charge in [-0.2, -0.15) is 0 Å². The number of rotatable bonds is 5. The predicted octanol–water partition coefficient (Wildman–Crippen LogP) is 6.37. The van der Waals surface area contributed by atoms with Gasteiger partial charge in [0.15, 0.2) is 0 Å². The second kappa shape index (κ2) is 8.90. The predicted molar refractivity (Wildman–Crippen MR) is 135 cm³/mol. The molecule has 0 saturated heterocycles. The molecule has 2 heterocycles. The van der Waals surface area contributed by atoms with Crippen molar-refractivity contribution in [3.63, 3.8) is 0 Å². The number of benzene rings is 2. The van der Waals surface area contributed by atoms with Crippen LogP contribution in [0, 0.1) is 18.4 Å². The fourth-order valence-electron chi connectivity index (χ4n) is 3.54. The zero-order chi connectivity index (χ0) is 22.7. The first-order valence-electron chi connectivity index (χ1n) is 10.9. The number of aromatic amines is 2. The Hall–Kier alpha value is -3.55. The van der Waals surface area contributed by atoms with Gasteiger partial charge < -0.3 is 9.97 Å². The third-order valence-corrected chi connectivity index (χ3v) is 6.16. The number of H-pyrrole nitrogens is 2. The summed E-state index contributed by atoms with van der Waals surface area (Å²) in [6.45, 7) is 8.77. The molecule has 4 rings (SSSR count). The number of ketones is 1. The van der Waals surface area contributed by atoms with Crippen molar-refractivity contribution in [3.05, 3.63) is 107 Å². The van der Waals surface area contributed by atoms with Crippen LogP contribution in [-0.2, 0) is 6.42 Å². The third kappa shape index (κ3) is 5.19. The van der Waals surface area contributed by atoms with Crippen molar-refractivity contribution >= 4 is 13.9 Å². The second-order valence-electron chi connectivity index (χ2n) is 9.22. The van der Waals surface area contributed by atoms with E-state index >= 15 is 0 Å². The molecule has 2 aromatic carbocycles. The minimum Gasteiger partial charge on any atom is -0.364 e. The molecule has 160 valence electrons. The molecule has 3 nitrogen and oxygen atoms in total. The summed E-state index contributed by atoms with van der Waals surface area (Å²) in [5.41, 5.74) is 11.4. The average Bonchev–Trinajstić information content (AvgIpc) is 3.42. The smallest absolute Gasteiger partial charge is 0.209 e. The van der Waals surface area contributed by atoms with E-state index in [1.54, 1.807) is 0 Å². The van der Waals surface area contributed by atoms with Crippen LogP contribution in [0.4, 0.5) is 0 Å². The van der Waals surface area contributed by atoms with E-state index in [-0.39, 0.29) is 5.78 Å². The molecule has 0 saturated carbocycles. The quantitative estimate of drug-likeness (QED) is 0.213. The van der Waals surface area contributed by atoms with Crippen molar-refractivity contribution in [1.82, 2.24) is 9.97 Å². The van der Waals surface area contributed by atoms with Gasteiger partial charge in [0, 0.05) is 40.7 Å². The van der Waals surface area contributed by atoms with Crippen LogP contribution in [0.5, 0.6) is 0 Å².